The zero-order chi connectivity index (χ0) is 20.4. The second-order valence-electron chi connectivity index (χ2n) is 9.20. The minimum absolute atomic E-state index is 0.0957. The zero-order valence-electron chi connectivity index (χ0n) is 17.6. The van der Waals surface area contributed by atoms with Crippen molar-refractivity contribution < 1.29 is 13.9 Å². The van der Waals surface area contributed by atoms with E-state index in [9.17, 15) is 4.39 Å². The molecular weight excluding hydrogens is 399 g/mol. The van der Waals surface area contributed by atoms with Gasteiger partial charge in [-0.05, 0) is 80.1 Å². The summed E-state index contributed by atoms with van der Waals surface area (Å²) >= 11 is 1.91. The van der Waals surface area contributed by atoms with Gasteiger partial charge in [0.25, 0.3) is 0 Å². The molecule has 2 fully saturated rings. The molecule has 4 nitrogen and oxygen atoms in total. The van der Waals surface area contributed by atoms with Gasteiger partial charge >= 0.3 is 0 Å². The van der Waals surface area contributed by atoms with Gasteiger partial charge in [-0.15, -0.1) is 11.3 Å². The zero-order valence-corrected chi connectivity index (χ0v) is 18.4. The summed E-state index contributed by atoms with van der Waals surface area (Å²) < 4.78 is 25.5. The number of nitrogens with one attached hydrogen (secondary N) is 1. The fourth-order valence-electron chi connectivity index (χ4n) is 5.58. The van der Waals surface area contributed by atoms with E-state index >= 15 is 0 Å². The van der Waals surface area contributed by atoms with Crippen LogP contribution in [0, 0.1) is 5.82 Å². The first kappa shape index (κ1) is 20.6. The van der Waals surface area contributed by atoms with Crippen molar-refractivity contribution in [1.29, 1.82) is 0 Å². The molecule has 2 unspecified atom stereocenters. The first-order valence-corrected chi connectivity index (χ1v) is 12.2. The Morgan fingerprint density at radius 1 is 1.17 bits per heavy atom. The molecule has 2 aromatic heterocycles. The summed E-state index contributed by atoms with van der Waals surface area (Å²) in [4.78, 5) is 6.02. The monoisotopic (exact) mass is 430 g/mol. The molecule has 0 aromatic carbocycles. The third-order valence-corrected chi connectivity index (χ3v) is 8.32. The van der Waals surface area contributed by atoms with Crippen molar-refractivity contribution in [2.24, 2.45) is 0 Å². The normalized spacial score (nSPS) is 28.7. The van der Waals surface area contributed by atoms with E-state index in [-0.39, 0.29) is 16.8 Å². The van der Waals surface area contributed by atoms with Crippen LogP contribution in [-0.4, -0.2) is 37.0 Å². The van der Waals surface area contributed by atoms with Crippen molar-refractivity contribution in [3.05, 3.63) is 51.2 Å². The highest BCUT2D eigenvalue weighted by molar-refractivity contribution is 7.10. The van der Waals surface area contributed by atoms with Crippen molar-refractivity contribution in [2.75, 3.05) is 26.4 Å². The van der Waals surface area contributed by atoms with Crippen LogP contribution >= 0.6 is 11.3 Å². The molecule has 2 saturated heterocycles. The van der Waals surface area contributed by atoms with Gasteiger partial charge in [0.15, 0.2) is 0 Å². The Morgan fingerprint density at radius 2 is 2.10 bits per heavy atom. The van der Waals surface area contributed by atoms with E-state index in [4.69, 9.17) is 9.47 Å². The lowest BCUT2D eigenvalue weighted by Crippen LogP contribution is -2.49. The molecule has 5 rings (SSSR count). The molecule has 1 spiro atoms. The number of halogens is 1. The number of rotatable bonds is 6. The Labute approximate surface area is 182 Å². The summed E-state index contributed by atoms with van der Waals surface area (Å²) in [5.74, 6) is -0.277. The van der Waals surface area contributed by atoms with Crippen LogP contribution in [0.4, 0.5) is 4.39 Å². The van der Waals surface area contributed by atoms with E-state index in [1.807, 2.05) is 17.4 Å². The smallest absolute Gasteiger partial charge is 0.141 e. The topological polar surface area (TPSA) is 43.4 Å². The van der Waals surface area contributed by atoms with Crippen LogP contribution in [0.2, 0.25) is 0 Å². The van der Waals surface area contributed by atoms with Crippen LogP contribution in [0.1, 0.15) is 60.2 Å². The molecule has 0 bridgehead atoms. The number of hydrogen-bond donors (Lipinski definition) is 1. The van der Waals surface area contributed by atoms with Crippen molar-refractivity contribution >= 4 is 11.3 Å². The molecule has 2 aliphatic heterocycles. The maximum atomic E-state index is 13.6. The van der Waals surface area contributed by atoms with Crippen LogP contribution < -0.4 is 5.32 Å². The second kappa shape index (κ2) is 8.65. The van der Waals surface area contributed by atoms with Gasteiger partial charge in [-0.2, -0.15) is 0 Å². The van der Waals surface area contributed by atoms with Gasteiger partial charge in [0.2, 0.25) is 0 Å². The minimum Gasteiger partial charge on any atom is -0.378 e. The summed E-state index contributed by atoms with van der Waals surface area (Å²) in [6.07, 6.45) is 10.2. The molecule has 2 atom stereocenters. The average molecular weight is 431 g/mol. The van der Waals surface area contributed by atoms with Crippen LogP contribution in [-0.2, 0) is 34.3 Å². The molecule has 3 aliphatic rings. The molecule has 1 N–H and O–H groups in total. The third-order valence-electron chi connectivity index (χ3n) is 7.24. The molecule has 1 aliphatic carbocycles. The molecule has 0 saturated carbocycles. The highest BCUT2D eigenvalue weighted by atomic mass is 32.1. The van der Waals surface area contributed by atoms with Crippen molar-refractivity contribution in [3.63, 3.8) is 0 Å². The van der Waals surface area contributed by atoms with Gasteiger partial charge in [-0.3, -0.25) is 4.98 Å². The standard InChI is InChI=1S/C24H31FN2O2S/c25-19-5-6-22(27-13-19)23(8-12-29-24(16-23)9-11-28-17-24)7-10-26-14-21-20-4-2-1-3-18(20)15-30-21/h5-6,13,15,26H,1-4,7-12,14,16-17H2. The molecule has 4 heterocycles. The maximum Gasteiger partial charge on any atom is 0.141 e. The van der Waals surface area contributed by atoms with E-state index in [0.717, 1.165) is 51.1 Å². The lowest BCUT2D eigenvalue weighted by molar-refractivity contribution is -0.109. The predicted molar refractivity (Wildman–Crippen MR) is 117 cm³/mol. The van der Waals surface area contributed by atoms with Crippen LogP contribution in [0.5, 0.6) is 0 Å². The molecule has 2 aromatic rings. The first-order chi connectivity index (χ1) is 14.7. The maximum absolute atomic E-state index is 13.6. The fraction of sp³-hybridized carbons (Fsp3) is 0.625. The second-order valence-corrected chi connectivity index (χ2v) is 10.2. The van der Waals surface area contributed by atoms with Gasteiger partial charge in [-0.1, -0.05) is 0 Å². The van der Waals surface area contributed by atoms with Crippen LogP contribution in [0.15, 0.2) is 23.7 Å². The Morgan fingerprint density at radius 3 is 2.93 bits per heavy atom. The summed E-state index contributed by atoms with van der Waals surface area (Å²) in [5.41, 5.74) is 3.86. The van der Waals surface area contributed by atoms with E-state index in [1.165, 1.54) is 36.8 Å². The summed E-state index contributed by atoms with van der Waals surface area (Å²) in [5, 5.41) is 6.07. The number of aryl methyl sites for hydroxylation is 1. The lowest BCUT2D eigenvalue weighted by Gasteiger charge is -2.45. The number of nitrogens with zero attached hydrogens (tertiary/aromatic N) is 1. The summed E-state index contributed by atoms with van der Waals surface area (Å²) in [6.45, 7) is 3.99. The number of ether oxygens (including phenoxy) is 2. The van der Waals surface area contributed by atoms with Crippen LogP contribution in [0.3, 0.4) is 0 Å². The number of hydrogen-bond acceptors (Lipinski definition) is 5. The highest BCUT2D eigenvalue weighted by Crippen LogP contribution is 2.46. The molecular formula is C24H31FN2O2S. The van der Waals surface area contributed by atoms with E-state index in [1.54, 1.807) is 17.2 Å². The van der Waals surface area contributed by atoms with Gasteiger partial charge in [0.05, 0.1) is 18.4 Å². The van der Waals surface area contributed by atoms with Gasteiger partial charge in [-0.25, -0.2) is 4.39 Å². The molecule has 6 heteroatoms. The Bertz CT molecular complexity index is 863. The van der Waals surface area contributed by atoms with Crippen molar-refractivity contribution in [1.82, 2.24) is 10.3 Å². The summed E-state index contributed by atoms with van der Waals surface area (Å²) in [7, 11) is 0. The van der Waals surface area contributed by atoms with Gasteiger partial charge in [0, 0.05) is 42.2 Å². The van der Waals surface area contributed by atoms with Crippen molar-refractivity contribution in [2.45, 2.75) is 68.9 Å². The SMILES string of the molecule is Fc1ccc(C2(CCNCc3scc4c3CCCC4)CCOC3(CCOC3)C2)nc1. The van der Waals surface area contributed by atoms with Crippen molar-refractivity contribution in [3.8, 4) is 0 Å². The Balaban J connectivity index is 1.29. The van der Waals surface area contributed by atoms with Gasteiger partial charge in [0.1, 0.15) is 5.82 Å². The Hall–Kier alpha value is -1.34. The van der Waals surface area contributed by atoms with E-state index < -0.39 is 0 Å². The summed E-state index contributed by atoms with van der Waals surface area (Å²) in [6, 6.07) is 3.42. The van der Waals surface area contributed by atoms with Gasteiger partial charge < -0.3 is 14.8 Å². The quantitative estimate of drug-likeness (QED) is 0.683. The number of aromatic nitrogens is 1. The fourth-order valence-corrected chi connectivity index (χ4v) is 6.68. The van der Waals surface area contributed by atoms with E-state index in [0.29, 0.717) is 13.2 Å². The van der Waals surface area contributed by atoms with Crippen LogP contribution in [0.25, 0.3) is 0 Å². The number of thiophene rings is 1. The minimum atomic E-state index is -0.277. The molecule has 30 heavy (non-hydrogen) atoms. The molecule has 0 radical (unpaired) electrons. The number of pyridine rings is 1. The first-order valence-electron chi connectivity index (χ1n) is 11.3. The largest absolute Gasteiger partial charge is 0.378 e. The third kappa shape index (κ3) is 4.07. The average Bonchev–Trinajstić information content (AvgIpc) is 3.39. The lowest BCUT2D eigenvalue weighted by atomic mass is 9.68. The predicted octanol–water partition coefficient (Wildman–Crippen LogP) is 4.55. The van der Waals surface area contributed by atoms with E-state index in [2.05, 4.69) is 15.7 Å². The molecule has 0 amide bonds. The molecule has 162 valence electrons. The highest BCUT2D eigenvalue weighted by Gasteiger charge is 2.49. The number of fused-ring (bicyclic) bond motifs is 1. The Kier molecular flexibility index (Phi) is 5.93.